The molecule has 0 saturated carbocycles. The van der Waals surface area contributed by atoms with Gasteiger partial charge in [-0.25, -0.2) is 9.36 Å². The van der Waals surface area contributed by atoms with Crippen LogP contribution in [0.15, 0.2) is 48.8 Å². The molecule has 1 amide bonds. The van der Waals surface area contributed by atoms with Gasteiger partial charge in [0.1, 0.15) is 0 Å². The van der Waals surface area contributed by atoms with E-state index in [0.717, 1.165) is 0 Å². The van der Waals surface area contributed by atoms with E-state index in [1.807, 2.05) is 36.0 Å². The number of aromatic carboxylic acids is 1. The van der Waals surface area contributed by atoms with Crippen molar-refractivity contribution in [2.24, 2.45) is 0 Å². The smallest absolute Gasteiger partial charge is 0.335 e. The van der Waals surface area contributed by atoms with Crippen LogP contribution in [0.1, 0.15) is 22.3 Å². The van der Waals surface area contributed by atoms with Gasteiger partial charge in [-0.3, -0.25) is 4.79 Å². The second-order valence-corrected chi connectivity index (χ2v) is 4.79. The molecule has 0 bridgehead atoms. The third kappa shape index (κ3) is 5.29. The van der Waals surface area contributed by atoms with Gasteiger partial charge in [0.05, 0.1) is 12.0 Å². The molecule has 0 aliphatic heterocycles. The topological polar surface area (TPSA) is 70.3 Å². The summed E-state index contributed by atoms with van der Waals surface area (Å²) < 4.78 is 1.94. The number of benzene rings is 1. The Labute approximate surface area is 139 Å². The fourth-order valence-electron chi connectivity index (χ4n) is 1.83. The number of carbonyl (C=O) groups is 2. The highest BCUT2D eigenvalue weighted by molar-refractivity contribution is 5.92. The van der Waals surface area contributed by atoms with Crippen LogP contribution < -0.4 is 26.9 Å². The molecule has 1 aromatic heterocycles. The molecule has 1 aromatic carbocycles. The van der Waals surface area contributed by atoms with Gasteiger partial charge in [-0.05, 0) is 36.8 Å². The monoisotopic (exact) mass is 364 g/mol. The second kappa shape index (κ2) is 8.29. The van der Waals surface area contributed by atoms with Gasteiger partial charge in [0.25, 0.3) is 0 Å². The molecule has 22 heavy (non-hydrogen) atoms. The lowest BCUT2D eigenvalue weighted by molar-refractivity contribution is -0.695. The van der Waals surface area contributed by atoms with E-state index in [4.69, 9.17) is 5.11 Å². The van der Waals surface area contributed by atoms with Crippen LogP contribution in [0.2, 0.25) is 0 Å². The maximum atomic E-state index is 11.8. The molecule has 6 heteroatoms. The molecule has 116 valence electrons. The summed E-state index contributed by atoms with van der Waals surface area (Å²) in [5.74, 6) is -1.09. The molecule has 0 aliphatic carbocycles. The molecule has 0 radical (unpaired) electrons. The predicted molar refractivity (Wildman–Crippen MR) is 78.0 cm³/mol. The number of halogens is 1. The summed E-state index contributed by atoms with van der Waals surface area (Å²) in [4.78, 5) is 22.6. The van der Waals surface area contributed by atoms with E-state index in [1.165, 1.54) is 17.7 Å². The molecular formula is C16H17BrN2O3. The minimum atomic E-state index is -0.983. The first-order valence-corrected chi connectivity index (χ1v) is 6.63. The van der Waals surface area contributed by atoms with Crippen LogP contribution in [-0.2, 0) is 11.3 Å². The molecule has 0 fully saturated rings. The second-order valence-electron chi connectivity index (χ2n) is 4.79. The van der Waals surface area contributed by atoms with Gasteiger partial charge in [0.15, 0.2) is 18.9 Å². The van der Waals surface area contributed by atoms with E-state index in [9.17, 15) is 9.59 Å². The normalized spacial score (nSPS) is 9.68. The van der Waals surface area contributed by atoms with Crippen molar-refractivity contribution in [3.05, 3.63) is 59.9 Å². The van der Waals surface area contributed by atoms with Crippen LogP contribution in [0.3, 0.4) is 0 Å². The number of aryl methyl sites for hydroxylation is 2. The molecule has 0 unspecified atom stereocenters. The van der Waals surface area contributed by atoms with Crippen LogP contribution in [0.4, 0.5) is 5.69 Å². The minimum absolute atomic E-state index is 0. The number of carboxylic acids is 1. The number of hydrogen-bond donors (Lipinski definition) is 2. The Hall–Kier alpha value is -2.21. The summed E-state index contributed by atoms with van der Waals surface area (Å²) in [6, 6.07) is 10.1. The Morgan fingerprint density at radius 2 is 1.68 bits per heavy atom. The van der Waals surface area contributed by atoms with Crippen LogP contribution in [0, 0.1) is 6.92 Å². The van der Waals surface area contributed by atoms with Crippen molar-refractivity contribution < 1.29 is 36.2 Å². The van der Waals surface area contributed by atoms with E-state index < -0.39 is 5.97 Å². The van der Waals surface area contributed by atoms with Crippen molar-refractivity contribution in [2.75, 3.05) is 5.32 Å². The van der Waals surface area contributed by atoms with Crippen molar-refractivity contribution in [3.63, 3.8) is 0 Å². The summed E-state index contributed by atoms with van der Waals surface area (Å²) in [5.41, 5.74) is 1.97. The molecule has 0 spiro atoms. The first kappa shape index (κ1) is 17.8. The Kier molecular flexibility index (Phi) is 6.72. The van der Waals surface area contributed by atoms with Gasteiger partial charge in [-0.2, -0.15) is 0 Å². The van der Waals surface area contributed by atoms with Gasteiger partial charge in [-0.1, -0.05) is 0 Å². The number of carbonyl (C=O) groups excluding carboxylic acids is 1. The maximum Gasteiger partial charge on any atom is 0.335 e. The Bertz CT molecular complexity index is 639. The summed E-state index contributed by atoms with van der Waals surface area (Å²) in [5, 5.41) is 11.5. The molecule has 2 aromatic rings. The van der Waals surface area contributed by atoms with Gasteiger partial charge >= 0.3 is 5.97 Å². The molecule has 0 saturated heterocycles. The highest BCUT2D eigenvalue weighted by Crippen LogP contribution is 2.09. The molecule has 0 aliphatic rings. The third-order valence-corrected chi connectivity index (χ3v) is 3.07. The van der Waals surface area contributed by atoms with Crippen molar-refractivity contribution >= 4 is 17.6 Å². The number of aromatic nitrogens is 1. The lowest BCUT2D eigenvalue weighted by Crippen LogP contribution is -3.00. The Morgan fingerprint density at radius 1 is 1.09 bits per heavy atom. The molecule has 2 N–H and O–H groups in total. The van der Waals surface area contributed by atoms with Gasteiger partial charge < -0.3 is 27.4 Å². The zero-order valence-corrected chi connectivity index (χ0v) is 13.7. The Balaban J connectivity index is 0.00000242. The predicted octanol–water partition coefficient (Wildman–Crippen LogP) is -0.986. The van der Waals surface area contributed by atoms with Crippen LogP contribution in [-0.4, -0.2) is 17.0 Å². The third-order valence-electron chi connectivity index (χ3n) is 3.07. The molecule has 0 atom stereocenters. The van der Waals surface area contributed by atoms with E-state index in [-0.39, 0.29) is 28.5 Å². The number of nitrogens with zero attached hydrogens (tertiary/aromatic N) is 1. The number of carboxylic acid groups (broad SMARTS) is 1. The zero-order valence-electron chi connectivity index (χ0n) is 12.1. The first-order chi connectivity index (χ1) is 10.0. The van der Waals surface area contributed by atoms with Gasteiger partial charge in [0.2, 0.25) is 5.91 Å². The summed E-state index contributed by atoms with van der Waals surface area (Å²) >= 11 is 0. The van der Waals surface area contributed by atoms with Crippen molar-refractivity contribution in [1.29, 1.82) is 0 Å². The van der Waals surface area contributed by atoms with Crippen LogP contribution in [0.25, 0.3) is 0 Å². The van der Waals surface area contributed by atoms with Crippen LogP contribution in [0.5, 0.6) is 0 Å². The molecule has 5 nitrogen and oxygen atoms in total. The zero-order chi connectivity index (χ0) is 15.2. The molecule has 1 heterocycles. The number of anilines is 1. The fourth-order valence-corrected chi connectivity index (χ4v) is 1.83. The van der Waals surface area contributed by atoms with E-state index in [2.05, 4.69) is 5.32 Å². The van der Waals surface area contributed by atoms with Crippen molar-refractivity contribution in [3.8, 4) is 0 Å². The van der Waals surface area contributed by atoms with E-state index in [0.29, 0.717) is 18.7 Å². The number of pyridine rings is 1. The molecular weight excluding hydrogens is 348 g/mol. The van der Waals surface area contributed by atoms with Crippen molar-refractivity contribution in [1.82, 2.24) is 0 Å². The minimum Gasteiger partial charge on any atom is -1.00 e. The average molecular weight is 365 g/mol. The van der Waals surface area contributed by atoms with Gasteiger partial charge in [-0.15, -0.1) is 0 Å². The average Bonchev–Trinajstić information content (AvgIpc) is 2.47. The highest BCUT2D eigenvalue weighted by Gasteiger charge is 2.08. The lowest BCUT2D eigenvalue weighted by atomic mass is 10.2. The Morgan fingerprint density at radius 3 is 2.23 bits per heavy atom. The number of rotatable bonds is 5. The molecule has 2 rings (SSSR count). The lowest BCUT2D eigenvalue weighted by Gasteiger charge is -2.04. The number of amides is 1. The van der Waals surface area contributed by atoms with Gasteiger partial charge in [0, 0.05) is 17.8 Å². The largest absolute Gasteiger partial charge is 1.00 e. The van der Waals surface area contributed by atoms with Crippen molar-refractivity contribution in [2.45, 2.75) is 19.9 Å². The summed E-state index contributed by atoms with van der Waals surface area (Å²) in [6.07, 6.45) is 4.23. The van der Waals surface area contributed by atoms with E-state index in [1.54, 1.807) is 12.1 Å². The standard InChI is InChI=1S/C16H16N2O3.BrH/c1-12-6-9-18(10-7-12)11-8-15(19)17-14-4-2-13(3-5-14)16(20)21;/h2-7,9-10H,8,11H2,1H3,(H-,17,19,20,21);1H. The SMILES string of the molecule is Cc1cc[n+](CCC(=O)Nc2ccc(C(=O)O)cc2)cc1.[Br-]. The fraction of sp³-hybridized carbons (Fsp3) is 0.188. The highest BCUT2D eigenvalue weighted by atomic mass is 79.9. The summed E-state index contributed by atoms with van der Waals surface area (Å²) in [7, 11) is 0. The maximum absolute atomic E-state index is 11.8. The van der Waals surface area contributed by atoms with E-state index >= 15 is 0 Å². The van der Waals surface area contributed by atoms with Crippen LogP contribution >= 0.6 is 0 Å². The number of hydrogen-bond acceptors (Lipinski definition) is 2. The summed E-state index contributed by atoms with van der Waals surface area (Å²) in [6.45, 7) is 2.61. The number of nitrogens with one attached hydrogen (secondary N) is 1. The first-order valence-electron chi connectivity index (χ1n) is 6.63. The quantitative estimate of drug-likeness (QED) is 0.669.